The number of benzene rings is 1. The van der Waals surface area contributed by atoms with Crippen LogP contribution in [0.2, 0.25) is 0 Å². The van der Waals surface area contributed by atoms with Gasteiger partial charge in [-0.1, -0.05) is 32.9 Å². The Kier molecular flexibility index (Phi) is 7.11. The molecule has 5 nitrogen and oxygen atoms in total. The van der Waals surface area contributed by atoms with Gasteiger partial charge in [-0.05, 0) is 30.9 Å². The van der Waals surface area contributed by atoms with Crippen molar-refractivity contribution in [2.45, 2.75) is 45.0 Å². The van der Waals surface area contributed by atoms with Crippen molar-refractivity contribution in [1.29, 1.82) is 0 Å². The fourth-order valence-electron chi connectivity index (χ4n) is 2.64. The van der Waals surface area contributed by atoms with Crippen LogP contribution in [0.3, 0.4) is 0 Å². The lowest BCUT2D eigenvalue weighted by Gasteiger charge is -2.29. The Balaban J connectivity index is 2.17. The van der Waals surface area contributed by atoms with Crippen LogP contribution in [0.4, 0.5) is 14.9 Å². The maximum Gasteiger partial charge on any atom is 0.329 e. The Labute approximate surface area is 152 Å². The van der Waals surface area contributed by atoms with E-state index in [0.717, 1.165) is 12.8 Å². The van der Waals surface area contributed by atoms with Crippen LogP contribution in [0.5, 0.6) is 0 Å². The zero-order valence-corrected chi connectivity index (χ0v) is 15.6. The molecule has 7 heteroatoms. The molecule has 1 fully saturated rings. The van der Waals surface area contributed by atoms with Gasteiger partial charge in [0.25, 0.3) is 0 Å². The van der Waals surface area contributed by atoms with Crippen LogP contribution in [-0.2, 0) is 9.53 Å². The molecule has 25 heavy (non-hydrogen) atoms. The third-order valence-electron chi connectivity index (χ3n) is 3.84. The van der Waals surface area contributed by atoms with E-state index >= 15 is 0 Å². The highest BCUT2D eigenvalue weighted by Crippen LogP contribution is 2.34. The molecule has 138 valence electrons. The predicted octanol–water partition coefficient (Wildman–Crippen LogP) is 4.10. The minimum absolute atomic E-state index is 0.105. The van der Waals surface area contributed by atoms with E-state index in [4.69, 9.17) is 4.74 Å². The van der Waals surface area contributed by atoms with Gasteiger partial charge in [-0.25, -0.2) is 14.0 Å². The van der Waals surface area contributed by atoms with Gasteiger partial charge >= 0.3 is 12.0 Å². The molecule has 2 amide bonds. The van der Waals surface area contributed by atoms with Gasteiger partial charge in [0, 0.05) is 5.75 Å². The van der Waals surface area contributed by atoms with Crippen LogP contribution in [0.1, 0.15) is 33.6 Å². The fraction of sp³-hybridized carbons (Fsp3) is 0.556. The van der Waals surface area contributed by atoms with E-state index in [-0.39, 0.29) is 11.1 Å². The fourth-order valence-corrected chi connectivity index (χ4v) is 4.27. The maximum absolute atomic E-state index is 13.8. The molecule has 0 aliphatic carbocycles. The van der Waals surface area contributed by atoms with Crippen molar-refractivity contribution < 1.29 is 18.7 Å². The smallest absolute Gasteiger partial charge is 0.329 e. The average Bonchev–Trinajstić information content (AvgIpc) is 2.97. The van der Waals surface area contributed by atoms with Crippen molar-refractivity contribution in [1.82, 2.24) is 4.90 Å². The Morgan fingerprint density at radius 2 is 2.12 bits per heavy atom. The molecule has 2 rings (SSSR count). The molecule has 1 aromatic rings. The van der Waals surface area contributed by atoms with Gasteiger partial charge in [-0.2, -0.15) is 0 Å². The standard InChI is InChI=1S/C18H25FN2O3S/c1-4-9-24-17(22)15-11-25-16(10-12(2)3)21(15)18(23)20-14-8-6-5-7-13(14)19/h5-8,12,15-16H,4,9-11H2,1-3H3,(H,20,23). The molecule has 1 aromatic carbocycles. The number of rotatable bonds is 6. The first-order valence-corrected chi connectivity index (χ1v) is 9.61. The molecular formula is C18H25FN2O3S. The Bertz CT molecular complexity index is 612. The van der Waals surface area contributed by atoms with Crippen molar-refractivity contribution in [3.8, 4) is 0 Å². The van der Waals surface area contributed by atoms with E-state index in [9.17, 15) is 14.0 Å². The summed E-state index contributed by atoms with van der Waals surface area (Å²) in [6.07, 6.45) is 1.48. The van der Waals surface area contributed by atoms with Gasteiger partial charge in [0.05, 0.1) is 17.7 Å². The summed E-state index contributed by atoms with van der Waals surface area (Å²) in [6, 6.07) is 4.87. The van der Waals surface area contributed by atoms with E-state index in [1.54, 1.807) is 23.9 Å². The third kappa shape index (κ3) is 5.11. The highest BCUT2D eigenvalue weighted by atomic mass is 32.2. The summed E-state index contributed by atoms with van der Waals surface area (Å²) in [5, 5.41) is 2.45. The molecule has 0 saturated carbocycles. The molecule has 0 spiro atoms. The summed E-state index contributed by atoms with van der Waals surface area (Å²) in [6.45, 7) is 6.38. The summed E-state index contributed by atoms with van der Waals surface area (Å²) in [5.74, 6) is -0.0471. The third-order valence-corrected chi connectivity index (χ3v) is 5.15. The van der Waals surface area contributed by atoms with Crippen molar-refractivity contribution in [2.75, 3.05) is 17.7 Å². The lowest BCUT2D eigenvalue weighted by molar-refractivity contribution is -0.147. The monoisotopic (exact) mass is 368 g/mol. The van der Waals surface area contributed by atoms with Gasteiger partial charge in [0.15, 0.2) is 0 Å². The molecule has 2 atom stereocenters. The van der Waals surface area contributed by atoms with Gasteiger partial charge in [-0.3, -0.25) is 4.90 Å². The van der Waals surface area contributed by atoms with Gasteiger partial charge < -0.3 is 10.1 Å². The van der Waals surface area contributed by atoms with Crippen molar-refractivity contribution in [3.63, 3.8) is 0 Å². The number of esters is 1. The summed E-state index contributed by atoms with van der Waals surface area (Å²) in [5.41, 5.74) is 0.105. The van der Waals surface area contributed by atoms with E-state index in [2.05, 4.69) is 19.2 Å². The Morgan fingerprint density at radius 3 is 2.76 bits per heavy atom. The first-order chi connectivity index (χ1) is 11.9. The molecule has 0 aromatic heterocycles. The van der Waals surface area contributed by atoms with E-state index in [0.29, 0.717) is 18.3 Å². The van der Waals surface area contributed by atoms with Crippen molar-refractivity contribution in [2.24, 2.45) is 5.92 Å². The minimum atomic E-state index is -0.646. The number of nitrogens with one attached hydrogen (secondary N) is 1. The van der Waals surface area contributed by atoms with Crippen LogP contribution >= 0.6 is 11.8 Å². The summed E-state index contributed by atoms with van der Waals surface area (Å²) in [4.78, 5) is 26.6. The van der Waals surface area contributed by atoms with Crippen LogP contribution in [0.15, 0.2) is 24.3 Å². The number of hydrogen-bond acceptors (Lipinski definition) is 4. The molecule has 1 aliphatic rings. The molecule has 1 saturated heterocycles. The summed E-state index contributed by atoms with van der Waals surface area (Å²) >= 11 is 1.56. The number of urea groups is 1. The second-order valence-electron chi connectivity index (χ2n) is 6.42. The summed E-state index contributed by atoms with van der Waals surface area (Å²) in [7, 11) is 0. The van der Waals surface area contributed by atoms with Crippen LogP contribution < -0.4 is 5.32 Å². The lowest BCUT2D eigenvalue weighted by Crippen LogP contribution is -2.48. The molecular weight excluding hydrogens is 343 g/mol. The Hall–Kier alpha value is -1.76. The minimum Gasteiger partial charge on any atom is -0.464 e. The molecule has 1 aliphatic heterocycles. The zero-order valence-electron chi connectivity index (χ0n) is 14.8. The maximum atomic E-state index is 13.8. The number of amides is 2. The number of hydrogen-bond donors (Lipinski definition) is 1. The SMILES string of the molecule is CCCOC(=O)C1CSC(CC(C)C)N1C(=O)Nc1ccccc1F. The van der Waals surface area contributed by atoms with Crippen molar-refractivity contribution >= 4 is 29.4 Å². The first-order valence-electron chi connectivity index (χ1n) is 8.56. The number of halogens is 1. The van der Waals surface area contributed by atoms with Crippen LogP contribution in [0, 0.1) is 11.7 Å². The highest BCUT2D eigenvalue weighted by Gasteiger charge is 2.42. The topological polar surface area (TPSA) is 58.6 Å². The quantitative estimate of drug-likeness (QED) is 0.768. The number of para-hydroxylation sites is 1. The number of anilines is 1. The first kappa shape index (κ1) is 19.6. The number of nitrogens with zero attached hydrogens (tertiary/aromatic N) is 1. The molecule has 1 N–H and O–H groups in total. The molecule has 0 radical (unpaired) electrons. The lowest BCUT2D eigenvalue weighted by atomic mass is 10.1. The highest BCUT2D eigenvalue weighted by molar-refractivity contribution is 8.00. The van der Waals surface area contributed by atoms with Gasteiger partial charge in [0.1, 0.15) is 11.9 Å². The molecule has 0 bridgehead atoms. The number of carbonyl (C=O) groups excluding carboxylic acids is 2. The number of ether oxygens (including phenoxy) is 1. The van der Waals surface area contributed by atoms with Crippen LogP contribution in [0.25, 0.3) is 0 Å². The predicted molar refractivity (Wildman–Crippen MR) is 98.0 cm³/mol. The second kappa shape index (κ2) is 9.08. The number of thioether (sulfide) groups is 1. The average molecular weight is 368 g/mol. The van der Waals surface area contributed by atoms with Crippen LogP contribution in [-0.4, -0.2) is 40.7 Å². The van der Waals surface area contributed by atoms with E-state index < -0.39 is 23.9 Å². The molecule has 2 unspecified atom stereocenters. The summed E-state index contributed by atoms with van der Waals surface area (Å²) < 4.78 is 19.1. The van der Waals surface area contributed by atoms with Gasteiger partial charge in [-0.15, -0.1) is 11.8 Å². The number of carbonyl (C=O) groups is 2. The van der Waals surface area contributed by atoms with Gasteiger partial charge in [0.2, 0.25) is 0 Å². The van der Waals surface area contributed by atoms with E-state index in [1.165, 1.54) is 17.0 Å². The Morgan fingerprint density at radius 1 is 1.40 bits per heavy atom. The second-order valence-corrected chi connectivity index (χ2v) is 7.63. The molecule has 1 heterocycles. The van der Waals surface area contributed by atoms with Crippen molar-refractivity contribution in [3.05, 3.63) is 30.1 Å². The largest absolute Gasteiger partial charge is 0.464 e. The normalized spacial score (nSPS) is 20.0. The van der Waals surface area contributed by atoms with E-state index in [1.807, 2.05) is 6.92 Å². The zero-order chi connectivity index (χ0) is 18.4.